The van der Waals surface area contributed by atoms with Gasteiger partial charge in [-0.15, -0.1) is 0 Å². The van der Waals surface area contributed by atoms with Crippen LogP contribution in [0.5, 0.6) is 11.5 Å². The number of carboxylic acid groups (broad SMARTS) is 1. The first-order valence-corrected chi connectivity index (χ1v) is 17.7. The monoisotopic (exact) mass is 690 g/mol. The summed E-state index contributed by atoms with van der Waals surface area (Å²) in [4.78, 5) is 25.8. The topological polar surface area (TPSA) is 176 Å². The second-order valence-corrected chi connectivity index (χ2v) is 15.1. The lowest BCUT2D eigenvalue weighted by Crippen LogP contribution is -2.58. The lowest BCUT2D eigenvalue weighted by molar-refractivity contribution is -0.0906. The fourth-order valence-electron chi connectivity index (χ4n) is 6.71. The first-order chi connectivity index (χ1) is 22.9. The highest BCUT2D eigenvalue weighted by molar-refractivity contribution is 7.89. The van der Waals surface area contributed by atoms with Crippen molar-refractivity contribution in [2.75, 3.05) is 46.7 Å². The molecule has 2 aromatic carbocycles. The van der Waals surface area contributed by atoms with E-state index in [4.69, 9.17) is 18.9 Å². The van der Waals surface area contributed by atoms with E-state index < -0.39 is 46.0 Å². The molecular weight excluding hydrogens is 644 g/mol. The molecule has 0 radical (unpaired) electrons. The van der Waals surface area contributed by atoms with E-state index in [2.05, 4.69) is 10.6 Å². The van der Waals surface area contributed by atoms with Crippen molar-refractivity contribution in [3.8, 4) is 11.5 Å². The van der Waals surface area contributed by atoms with Crippen LogP contribution in [-0.4, -0.2) is 111 Å². The maximum Gasteiger partial charge on any atom is 0.407 e. The summed E-state index contributed by atoms with van der Waals surface area (Å²) in [6.07, 6.45) is -1.28. The number of fused-ring (bicyclic) bond motifs is 2. The van der Waals surface area contributed by atoms with Gasteiger partial charge < -0.3 is 39.8 Å². The summed E-state index contributed by atoms with van der Waals surface area (Å²) < 4.78 is 52.3. The molecule has 4 N–H and O–H groups in total. The Bertz CT molecular complexity index is 1530. The first-order valence-electron chi connectivity index (χ1n) is 16.2. The molecule has 0 aromatic heterocycles. The second-order valence-electron chi connectivity index (χ2n) is 13.2. The minimum atomic E-state index is -4.24. The van der Waals surface area contributed by atoms with Crippen LogP contribution < -0.4 is 20.1 Å². The predicted molar refractivity (Wildman–Crippen MR) is 174 cm³/mol. The normalized spacial score (nSPS) is 21.5. The highest BCUT2D eigenvalue weighted by Gasteiger charge is 2.49. The molecule has 5 rings (SSSR count). The van der Waals surface area contributed by atoms with Crippen molar-refractivity contribution in [1.29, 1.82) is 0 Å². The number of ether oxygens (including phenoxy) is 4. The minimum Gasteiger partial charge on any atom is -0.465 e. The Kier molecular flexibility index (Phi) is 11.4. The van der Waals surface area contributed by atoms with Gasteiger partial charge in [0.15, 0.2) is 17.8 Å². The molecule has 0 spiro atoms. The molecule has 2 fully saturated rings. The number of carbonyl (C=O) groups is 2. The summed E-state index contributed by atoms with van der Waals surface area (Å²) in [6, 6.07) is 11.7. The third-order valence-corrected chi connectivity index (χ3v) is 11.0. The number of urea groups is 1. The van der Waals surface area contributed by atoms with Gasteiger partial charge in [-0.25, -0.2) is 18.0 Å². The quantitative estimate of drug-likeness (QED) is 0.203. The molecule has 264 valence electrons. The van der Waals surface area contributed by atoms with Crippen LogP contribution in [0.15, 0.2) is 53.4 Å². The van der Waals surface area contributed by atoms with Gasteiger partial charge in [0.2, 0.25) is 16.8 Å². The standard InChI is InChI=1S/C33H46N4O10S/c1-33(2,13-7-14-35-31(39)34-3)20-36(48(42,43)23-10-11-28-29(17-23)47-21-46-28)18-27(38)25(16-22-8-5-4-6-9-22)37(32(40)41)26-19-45-30-24(26)12-15-44-30/h4-6,8-11,17,24-27,30,38H,7,12-16,18-21H2,1-3H3,(H,40,41)(H2,34,35,39)/t24-,25-,26-,27+,30+/m0/s1. The van der Waals surface area contributed by atoms with Crippen LogP contribution in [0.25, 0.3) is 0 Å². The zero-order valence-electron chi connectivity index (χ0n) is 27.5. The van der Waals surface area contributed by atoms with Crippen LogP contribution in [0.1, 0.15) is 38.7 Å². The highest BCUT2D eigenvalue weighted by Crippen LogP contribution is 2.38. The molecule has 5 atom stereocenters. The number of rotatable bonds is 15. The zero-order valence-corrected chi connectivity index (χ0v) is 28.4. The lowest BCUT2D eigenvalue weighted by Gasteiger charge is -2.40. The Morgan fingerprint density at radius 2 is 1.83 bits per heavy atom. The number of nitrogens with one attached hydrogen (secondary N) is 2. The van der Waals surface area contributed by atoms with E-state index in [1.807, 2.05) is 44.2 Å². The Balaban J connectivity index is 1.45. The average molecular weight is 691 g/mol. The fraction of sp³-hybridized carbons (Fsp3) is 0.576. The maximum absolute atomic E-state index is 14.4. The van der Waals surface area contributed by atoms with Crippen molar-refractivity contribution >= 4 is 22.1 Å². The van der Waals surface area contributed by atoms with Crippen LogP contribution in [0.3, 0.4) is 0 Å². The molecule has 2 saturated heterocycles. The summed E-state index contributed by atoms with van der Waals surface area (Å²) in [5.41, 5.74) is 0.197. The molecule has 0 unspecified atom stereocenters. The molecule has 14 nitrogen and oxygen atoms in total. The SMILES string of the molecule is CNC(=O)NCCCC(C)(C)CN(C[C@@H](O)[C@H](Cc1ccccc1)N(C(=O)O)[C@H]1CO[C@H]2OCC[C@H]21)S(=O)(=O)c1ccc2c(c1)OCO2. The number of carbonyl (C=O) groups excluding carboxylic acids is 1. The number of aliphatic hydroxyl groups excluding tert-OH is 1. The van der Waals surface area contributed by atoms with Crippen molar-refractivity contribution < 1.29 is 47.2 Å². The lowest BCUT2D eigenvalue weighted by atomic mass is 9.87. The maximum atomic E-state index is 14.4. The molecular formula is C33H46N4O10S. The van der Waals surface area contributed by atoms with Crippen LogP contribution in [-0.2, 0) is 25.9 Å². The summed E-state index contributed by atoms with van der Waals surface area (Å²) in [7, 11) is -2.71. The summed E-state index contributed by atoms with van der Waals surface area (Å²) in [6.45, 7) is 4.39. The third-order valence-electron chi connectivity index (χ3n) is 9.20. The van der Waals surface area contributed by atoms with Gasteiger partial charge in [-0.05, 0) is 48.8 Å². The molecule has 3 amide bonds. The molecule has 48 heavy (non-hydrogen) atoms. The number of benzene rings is 2. The Morgan fingerprint density at radius 1 is 1.08 bits per heavy atom. The molecule has 15 heteroatoms. The van der Waals surface area contributed by atoms with E-state index >= 15 is 0 Å². The molecule has 3 heterocycles. The number of aliphatic hydroxyl groups is 1. The number of nitrogens with zero attached hydrogens (tertiary/aromatic N) is 2. The summed E-state index contributed by atoms with van der Waals surface area (Å²) >= 11 is 0. The number of hydrogen-bond acceptors (Lipinski definition) is 9. The number of hydrogen-bond donors (Lipinski definition) is 4. The third kappa shape index (κ3) is 8.32. The second kappa shape index (κ2) is 15.3. The van der Waals surface area contributed by atoms with Crippen molar-refractivity contribution in [1.82, 2.24) is 19.8 Å². The van der Waals surface area contributed by atoms with Crippen LogP contribution in [0, 0.1) is 11.3 Å². The predicted octanol–water partition coefficient (Wildman–Crippen LogP) is 2.86. The van der Waals surface area contributed by atoms with Crippen molar-refractivity contribution in [3.63, 3.8) is 0 Å². The Hall–Kier alpha value is -3.63. The molecule has 2 aromatic rings. The van der Waals surface area contributed by atoms with E-state index in [0.29, 0.717) is 43.9 Å². The Morgan fingerprint density at radius 3 is 2.56 bits per heavy atom. The van der Waals surface area contributed by atoms with E-state index in [1.54, 1.807) is 0 Å². The zero-order chi connectivity index (χ0) is 34.5. The van der Waals surface area contributed by atoms with Crippen molar-refractivity contribution in [2.45, 2.75) is 68.9 Å². The van der Waals surface area contributed by atoms with E-state index in [-0.39, 0.29) is 49.8 Å². The fourth-order valence-corrected chi connectivity index (χ4v) is 8.37. The average Bonchev–Trinajstić information content (AvgIpc) is 3.81. The number of amides is 3. The van der Waals surface area contributed by atoms with Gasteiger partial charge >= 0.3 is 12.1 Å². The molecule has 0 bridgehead atoms. The highest BCUT2D eigenvalue weighted by atomic mass is 32.2. The van der Waals surface area contributed by atoms with Gasteiger partial charge in [0.05, 0.1) is 36.3 Å². The Labute approximate surface area is 281 Å². The summed E-state index contributed by atoms with van der Waals surface area (Å²) in [5.74, 6) is 0.518. The first kappa shape index (κ1) is 35.7. The van der Waals surface area contributed by atoms with Gasteiger partial charge in [0, 0.05) is 38.7 Å². The van der Waals surface area contributed by atoms with Gasteiger partial charge in [-0.2, -0.15) is 4.31 Å². The summed E-state index contributed by atoms with van der Waals surface area (Å²) in [5, 5.41) is 27.9. The van der Waals surface area contributed by atoms with Gasteiger partial charge in [-0.3, -0.25) is 4.90 Å². The van der Waals surface area contributed by atoms with Gasteiger partial charge in [-0.1, -0.05) is 44.2 Å². The smallest absolute Gasteiger partial charge is 0.407 e. The van der Waals surface area contributed by atoms with E-state index in [1.165, 1.54) is 34.5 Å². The van der Waals surface area contributed by atoms with Crippen LogP contribution >= 0.6 is 0 Å². The van der Waals surface area contributed by atoms with Crippen molar-refractivity contribution in [2.24, 2.45) is 11.3 Å². The molecule has 3 aliphatic heterocycles. The number of sulfonamides is 1. The van der Waals surface area contributed by atoms with Gasteiger partial charge in [0.1, 0.15) is 0 Å². The van der Waals surface area contributed by atoms with Crippen LogP contribution in [0.2, 0.25) is 0 Å². The van der Waals surface area contributed by atoms with E-state index in [0.717, 1.165) is 5.56 Å². The van der Waals surface area contributed by atoms with Crippen molar-refractivity contribution in [3.05, 3.63) is 54.1 Å². The molecule has 0 aliphatic carbocycles. The molecule has 3 aliphatic rings. The largest absolute Gasteiger partial charge is 0.465 e. The minimum absolute atomic E-state index is 0.0109. The van der Waals surface area contributed by atoms with E-state index in [9.17, 15) is 28.2 Å². The molecule has 0 saturated carbocycles. The van der Waals surface area contributed by atoms with Gasteiger partial charge in [0.25, 0.3) is 0 Å². The van der Waals surface area contributed by atoms with Crippen LogP contribution in [0.4, 0.5) is 9.59 Å².